The minimum Gasteiger partial charge on any atom is -0.357 e. The molecular formula is C18H28ClIN4O. The minimum absolute atomic E-state index is 0. The Morgan fingerprint density at radius 2 is 2.16 bits per heavy atom. The maximum atomic E-state index is 11.7. The average Bonchev–Trinajstić information content (AvgIpc) is 3.34. The van der Waals surface area contributed by atoms with Crippen LogP contribution in [0.15, 0.2) is 29.3 Å². The van der Waals surface area contributed by atoms with Crippen LogP contribution in [0.25, 0.3) is 0 Å². The number of hydrogen-bond acceptors (Lipinski definition) is 2. The zero-order valence-electron chi connectivity index (χ0n) is 14.9. The second-order valence-electron chi connectivity index (χ2n) is 6.17. The molecule has 140 valence electrons. The molecule has 1 amide bonds. The number of aliphatic imine (C=N–C) groups is 1. The van der Waals surface area contributed by atoms with Crippen molar-refractivity contribution >= 4 is 47.4 Å². The van der Waals surface area contributed by atoms with Gasteiger partial charge in [0.25, 0.3) is 0 Å². The molecule has 0 aromatic heterocycles. The van der Waals surface area contributed by atoms with Crippen LogP contribution in [0.3, 0.4) is 0 Å². The summed E-state index contributed by atoms with van der Waals surface area (Å²) in [5, 5.41) is 7.03. The molecule has 25 heavy (non-hydrogen) atoms. The number of nitrogens with one attached hydrogen (secondary N) is 2. The van der Waals surface area contributed by atoms with Crippen molar-refractivity contribution in [2.45, 2.75) is 45.2 Å². The van der Waals surface area contributed by atoms with Gasteiger partial charge in [-0.25, -0.2) is 0 Å². The van der Waals surface area contributed by atoms with Gasteiger partial charge < -0.3 is 15.5 Å². The Bertz CT molecular complexity index is 578. The van der Waals surface area contributed by atoms with E-state index >= 15 is 0 Å². The number of benzene rings is 1. The van der Waals surface area contributed by atoms with Crippen LogP contribution in [0.5, 0.6) is 0 Å². The van der Waals surface area contributed by atoms with E-state index < -0.39 is 0 Å². The lowest BCUT2D eigenvalue weighted by molar-refractivity contribution is -0.121. The Morgan fingerprint density at radius 1 is 1.40 bits per heavy atom. The van der Waals surface area contributed by atoms with Crippen LogP contribution >= 0.6 is 35.6 Å². The number of hydrogen-bond donors (Lipinski definition) is 2. The maximum Gasteiger partial charge on any atom is 0.220 e. The van der Waals surface area contributed by atoms with E-state index in [0.717, 1.165) is 48.9 Å². The summed E-state index contributed by atoms with van der Waals surface area (Å²) in [6.07, 6.45) is 3.56. The van der Waals surface area contributed by atoms with Crippen LogP contribution in [0.1, 0.15) is 38.2 Å². The Balaban J connectivity index is 0.00000312. The largest absolute Gasteiger partial charge is 0.357 e. The summed E-state index contributed by atoms with van der Waals surface area (Å²) in [7, 11) is 2.00. The molecule has 1 aliphatic carbocycles. The average molecular weight is 479 g/mol. The summed E-state index contributed by atoms with van der Waals surface area (Å²) in [5.74, 6) is 0.991. The number of rotatable bonds is 8. The number of amides is 1. The van der Waals surface area contributed by atoms with Gasteiger partial charge in [-0.3, -0.25) is 9.79 Å². The van der Waals surface area contributed by atoms with Crippen LogP contribution in [0, 0.1) is 0 Å². The number of nitrogens with zero attached hydrogens (tertiary/aromatic N) is 2. The monoisotopic (exact) mass is 478 g/mol. The molecule has 0 spiro atoms. The van der Waals surface area contributed by atoms with E-state index in [1.165, 1.54) is 0 Å². The van der Waals surface area contributed by atoms with Crippen LogP contribution < -0.4 is 10.6 Å². The predicted octanol–water partition coefficient (Wildman–Crippen LogP) is 3.41. The molecule has 1 fully saturated rings. The van der Waals surface area contributed by atoms with Crippen molar-refractivity contribution in [1.29, 1.82) is 0 Å². The molecule has 0 radical (unpaired) electrons. The molecule has 0 saturated heterocycles. The van der Waals surface area contributed by atoms with Crippen molar-refractivity contribution in [3.05, 3.63) is 34.9 Å². The minimum atomic E-state index is 0. The van der Waals surface area contributed by atoms with Gasteiger partial charge in [-0.1, -0.05) is 23.7 Å². The quantitative estimate of drug-likeness (QED) is 0.261. The number of carbonyl (C=O) groups is 1. The lowest BCUT2D eigenvalue weighted by Crippen LogP contribution is -2.38. The second-order valence-corrected chi connectivity index (χ2v) is 6.60. The van der Waals surface area contributed by atoms with E-state index in [-0.39, 0.29) is 29.9 Å². The third kappa shape index (κ3) is 8.76. The highest BCUT2D eigenvalue weighted by Crippen LogP contribution is 2.18. The summed E-state index contributed by atoms with van der Waals surface area (Å²) in [5.41, 5.74) is 1.14. The fourth-order valence-electron chi connectivity index (χ4n) is 2.41. The van der Waals surface area contributed by atoms with E-state index in [4.69, 9.17) is 11.6 Å². The van der Waals surface area contributed by atoms with Crippen molar-refractivity contribution in [2.24, 2.45) is 4.99 Å². The topological polar surface area (TPSA) is 56.7 Å². The normalized spacial score (nSPS) is 13.8. The predicted molar refractivity (Wildman–Crippen MR) is 115 cm³/mol. The highest BCUT2D eigenvalue weighted by molar-refractivity contribution is 14.0. The summed E-state index contributed by atoms with van der Waals surface area (Å²) >= 11 is 6.04. The lowest BCUT2D eigenvalue weighted by atomic mass is 10.2. The molecule has 5 nitrogen and oxygen atoms in total. The van der Waals surface area contributed by atoms with Crippen molar-refractivity contribution in [2.75, 3.05) is 20.1 Å². The second kappa shape index (κ2) is 11.6. The third-order valence-electron chi connectivity index (χ3n) is 3.77. The van der Waals surface area contributed by atoms with Crippen LogP contribution in [-0.2, 0) is 11.3 Å². The smallest absolute Gasteiger partial charge is 0.220 e. The molecule has 1 aromatic rings. The van der Waals surface area contributed by atoms with Gasteiger partial charge in [0.05, 0.1) is 0 Å². The molecule has 2 N–H and O–H groups in total. The molecule has 0 bridgehead atoms. The molecule has 2 rings (SSSR count). The highest BCUT2D eigenvalue weighted by Gasteiger charge is 2.22. The van der Waals surface area contributed by atoms with E-state index in [2.05, 4.69) is 20.5 Å². The van der Waals surface area contributed by atoms with Crippen LogP contribution in [0.4, 0.5) is 0 Å². The molecule has 1 aromatic carbocycles. The molecule has 1 saturated carbocycles. The first-order chi connectivity index (χ1) is 11.6. The Labute approximate surface area is 172 Å². The molecule has 0 aliphatic heterocycles. The SMILES string of the molecule is CCNC(=NCCCC(=O)NC1CC1)N(C)Cc1cccc(Cl)c1.I. The third-order valence-corrected chi connectivity index (χ3v) is 4.01. The number of guanidine groups is 1. The van der Waals surface area contributed by atoms with Crippen LogP contribution in [0.2, 0.25) is 5.02 Å². The lowest BCUT2D eigenvalue weighted by Gasteiger charge is -2.22. The molecular weight excluding hydrogens is 451 g/mol. The number of halogens is 2. The number of carbonyl (C=O) groups excluding carboxylic acids is 1. The zero-order chi connectivity index (χ0) is 17.4. The summed E-state index contributed by atoms with van der Waals surface area (Å²) in [4.78, 5) is 18.4. The van der Waals surface area contributed by atoms with Gasteiger partial charge in [0, 0.05) is 44.2 Å². The van der Waals surface area contributed by atoms with Gasteiger partial charge in [0.1, 0.15) is 0 Å². The van der Waals surface area contributed by atoms with E-state index in [1.807, 2.05) is 38.2 Å². The van der Waals surface area contributed by atoms with Gasteiger partial charge in [0.15, 0.2) is 5.96 Å². The summed E-state index contributed by atoms with van der Waals surface area (Å²) in [6, 6.07) is 8.27. The summed E-state index contributed by atoms with van der Waals surface area (Å²) < 4.78 is 0. The summed E-state index contributed by atoms with van der Waals surface area (Å²) in [6.45, 7) is 4.22. The van der Waals surface area contributed by atoms with Gasteiger partial charge in [-0.2, -0.15) is 0 Å². The zero-order valence-corrected chi connectivity index (χ0v) is 18.0. The molecule has 1 aliphatic rings. The van der Waals surface area contributed by atoms with Gasteiger partial charge in [-0.15, -0.1) is 24.0 Å². The molecule has 0 heterocycles. The molecule has 0 atom stereocenters. The van der Waals surface area contributed by atoms with E-state index in [0.29, 0.717) is 19.0 Å². The molecule has 7 heteroatoms. The molecule has 0 unspecified atom stereocenters. The first-order valence-corrected chi connectivity index (χ1v) is 8.99. The van der Waals surface area contributed by atoms with Gasteiger partial charge >= 0.3 is 0 Å². The van der Waals surface area contributed by atoms with E-state index in [1.54, 1.807) is 0 Å². The van der Waals surface area contributed by atoms with Crippen molar-refractivity contribution < 1.29 is 4.79 Å². The Morgan fingerprint density at radius 3 is 2.80 bits per heavy atom. The van der Waals surface area contributed by atoms with E-state index in [9.17, 15) is 4.79 Å². The Hall–Kier alpha value is -1.02. The Kier molecular flexibility index (Phi) is 10.2. The van der Waals surface area contributed by atoms with Crippen LogP contribution in [-0.4, -0.2) is 42.9 Å². The van der Waals surface area contributed by atoms with Gasteiger partial charge in [0.2, 0.25) is 5.91 Å². The van der Waals surface area contributed by atoms with Gasteiger partial charge in [-0.05, 0) is 43.9 Å². The standard InChI is InChI=1S/C18H27ClN4O.HI/c1-3-20-18(21-11-5-8-17(24)22-16-9-10-16)23(2)13-14-6-4-7-15(19)12-14;/h4,6-7,12,16H,3,5,8-11,13H2,1-2H3,(H,20,21)(H,22,24);1H. The fraction of sp³-hybridized carbons (Fsp3) is 0.556. The first kappa shape index (κ1) is 22.0. The first-order valence-electron chi connectivity index (χ1n) is 8.61. The van der Waals surface area contributed by atoms with Crippen molar-refractivity contribution in [1.82, 2.24) is 15.5 Å². The van der Waals surface area contributed by atoms with Crippen molar-refractivity contribution in [3.8, 4) is 0 Å². The fourth-order valence-corrected chi connectivity index (χ4v) is 2.62. The maximum absolute atomic E-state index is 11.7. The van der Waals surface area contributed by atoms with Crippen molar-refractivity contribution in [3.63, 3.8) is 0 Å². The highest BCUT2D eigenvalue weighted by atomic mass is 127.